The van der Waals surface area contributed by atoms with E-state index in [1.165, 1.54) is 7.11 Å². The van der Waals surface area contributed by atoms with Gasteiger partial charge >= 0.3 is 18.1 Å². The predicted octanol–water partition coefficient (Wildman–Crippen LogP) is 1.50. The molecule has 0 fully saturated rings. The van der Waals surface area contributed by atoms with Crippen LogP contribution in [0.2, 0.25) is 0 Å². The molecular weight excluding hydrogens is 243 g/mol. The van der Waals surface area contributed by atoms with Crippen LogP contribution < -0.4 is 0 Å². The minimum absolute atomic E-state index is 0.338. The second-order valence-corrected chi connectivity index (χ2v) is 2.51. The van der Waals surface area contributed by atoms with E-state index < -0.39 is 18.1 Å². The van der Waals surface area contributed by atoms with Gasteiger partial charge in [-0.1, -0.05) is 6.07 Å². The predicted molar refractivity (Wildman–Crippen MR) is 49.3 cm³/mol. The van der Waals surface area contributed by atoms with Gasteiger partial charge in [0.05, 0.1) is 7.11 Å². The number of esters is 1. The summed E-state index contributed by atoms with van der Waals surface area (Å²) in [5.41, 5.74) is 0.338. The van der Waals surface area contributed by atoms with Gasteiger partial charge in [0.2, 0.25) is 0 Å². The number of aliphatic carboxylic acids is 1. The number of alkyl halides is 3. The van der Waals surface area contributed by atoms with Crippen molar-refractivity contribution in [3.05, 3.63) is 30.1 Å². The SMILES string of the molecule is COC(=O)c1ccccn1.O=C(O)C(F)(F)F. The summed E-state index contributed by atoms with van der Waals surface area (Å²) in [6.07, 6.45) is -3.54. The molecule has 1 aromatic heterocycles. The number of halogens is 3. The van der Waals surface area contributed by atoms with Crippen molar-refractivity contribution >= 4 is 11.9 Å². The van der Waals surface area contributed by atoms with E-state index in [1.54, 1.807) is 24.4 Å². The van der Waals surface area contributed by atoms with E-state index in [2.05, 4.69) is 9.72 Å². The zero-order valence-corrected chi connectivity index (χ0v) is 8.56. The third-order valence-corrected chi connectivity index (χ3v) is 1.30. The van der Waals surface area contributed by atoms with Crippen LogP contribution in [-0.2, 0) is 9.53 Å². The van der Waals surface area contributed by atoms with Crippen molar-refractivity contribution < 1.29 is 32.6 Å². The van der Waals surface area contributed by atoms with E-state index in [1.807, 2.05) is 0 Å². The summed E-state index contributed by atoms with van der Waals surface area (Å²) in [5.74, 6) is -3.16. The van der Waals surface area contributed by atoms with Gasteiger partial charge in [-0.25, -0.2) is 14.6 Å². The number of carboxylic acid groups (broad SMARTS) is 1. The van der Waals surface area contributed by atoms with Crippen LogP contribution >= 0.6 is 0 Å². The summed E-state index contributed by atoms with van der Waals surface area (Å²) in [5, 5.41) is 7.12. The quantitative estimate of drug-likeness (QED) is 0.765. The van der Waals surface area contributed by atoms with Gasteiger partial charge in [-0.05, 0) is 12.1 Å². The Kier molecular flexibility index (Phi) is 5.65. The Hall–Kier alpha value is -2.12. The lowest BCUT2D eigenvalue weighted by atomic mass is 10.4. The molecule has 94 valence electrons. The number of methoxy groups -OCH3 is 1. The van der Waals surface area contributed by atoms with Gasteiger partial charge in [0.15, 0.2) is 0 Å². The largest absolute Gasteiger partial charge is 0.490 e. The first kappa shape index (κ1) is 14.9. The molecule has 0 bridgehead atoms. The molecule has 0 spiro atoms. The number of hydrogen-bond donors (Lipinski definition) is 1. The Labute approximate surface area is 93.8 Å². The first-order chi connectivity index (χ1) is 7.79. The molecule has 0 aliphatic heterocycles. The normalized spacial score (nSPS) is 9.88. The van der Waals surface area contributed by atoms with Gasteiger partial charge < -0.3 is 9.84 Å². The molecule has 1 N–H and O–H groups in total. The van der Waals surface area contributed by atoms with Crippen molar-refractivity contribution in [3.63, 3.8) is 0 Å². The maximum Gasteiger partial charge on any atom is 0.490 e. The molecule has 8 heteroatoms. The maximum absolute atomic E-state index is 10.7. The van der Waals surface area contributed by atoms with E-state index in [0.29, 0.717) is 5.69 Å². The van der Waals surface area contributed by atoms with Crippen molar-refractivity contribution in [1.29, 1.82) is 0 Å². The fraction of sp³-hybridized carbons (Fsp3) is 0.222. The molecule has 17 heavy (non-hydrogen) atoms. The van der Waals surface area contributed by atoms with Gasteiger partial charge in [0, 0.05) is 6.20 Å². The number of hydrogen-bond acceptors (Lipinski definition) is 4. The number of pyridine rings is 1. The van der Waals surface area contributed by atoms with E-state index in [-0.39, 0.29) is 0 Å². The van der Waals surface area contributed by atoms with Crippen LogP contribution in [0.4, 0.5) is 13.2 Å². The fourth-order valence-electron chi connectivity index (χ4n) is 0.588. The molecule has 0 aliphatic rings. The van der Waals surface area contributed by atoms with E-state index in [4.69, 9.17) is 9.90 Å². The molecule has 0 radical (unpaired) electrons. The zero-order chi connectivity index (χ0) is 13.5. The molecule has 0 saturated carbocycles. The Morgan fingerprint density at radius 1 is 1.35 bits per heavy atom. The molecule has 0 saturated heterocycles. The number of nitrogens with zero attached hydrogens (tertiary/aromatic N) is 1. The Bertz CT molecular complexity index is 378. The van der Waals surface area contributed by atoms with Crippen LogP contribution in [0.25, 0.3) is 0 Å². The van der Waals surface area contributed by atoms with E-state index in [9.17, 15) is 18.0 Å². The topological polar surface area (TPSA) is 76.5 Å². The van der Waals surface area contributed by atoms with Crippen LogP contribution in [0.1, 0.15) is 10.5 Å². The highest BCUT2D eigenvalue weighted by Gasteiger charge is 2.38. The Balaban J connectivity index is 0.000000325. The van der Waals surface area contributed by atoms with Crippen LogP contribution in [0.5, 0.6) is 0 Å². The summed E-state index contributed by atoms with van der Waals surface area (Å²) in [4.78, 5) is 23.4. The van der Waals surface area contributed by atoms with Crippen molar-refractivity contribution in [3.8, 4) is 0 Å². The van der Waals surface area contributed by atoms with Gasteiger partial charge in [-0.3, -0.25) is 0 Å². The summed E-state index contributed by atoms with van der Waals surface area (Å²) in [6.45, 7) is 0. The minimum atomic E-state index is -5.08. The third-order valence-electron chi connectivity index (χ3n) is 1.30. The molecule has 1 rings (SSSR count). The van der Waals surface area contributed by atoms with E-state index in [0.717, 1.165) is 0 Å². The summed E-state index contributed by atoms with van der Waals surface area (Å²) < 4.78 is 36.2. The third kappa shape index (κ3) is 6.13. The van der Waals surface area contributed by atoms with Crippen LogP contribution in [-0.4, -0.2) is 35.3 Å². The maximum atomic E-state index is 10.7. The number of carbonyl (C=O) groups excluding carboxylic acids is 1. The molecule has 0 unspecified atom stereocenters. The second-order valence-electron chi connectivity index (χ2n) is 2.51. The van der Waals surface area contributed by atoms with Crippen LogP contribution in [0.15, 0.2) is 24.4 Å². The molecular formula is C9H8F3NO4. The van der Waals surface area contributed by atoms with Gasteiger partial charge in [0.1, 0.15) is 5.69 Å². The van der Waals surface area contributed by atoms with Gasteiger partial charge in [-0.15, -0.1) is 0 Å². The lowest BCUT2D eigenvalue weighted by Gasteiger charge is -1.94. The highest BCUT2D eigenvalue weighted by atomic mass is 19.4. The fourth-order valence-corrected chi connectivity index (χ4v) is 0.588. The molecule has 5 nitrogen and oxygen atoms in total. The molecule has 1 heterocycles. The lowest BCUT2D eigenvalue weighted by Crippen LogP contribution is -2.21. The number of carboxylic acids is 1. The Morgan fingerprint density at radius 3 is 2.18 bits per heavy atom. The minimum Gasteiger partial charge on any atom is -0.475 e. The average molecular weight is 251 g/mol. The van der Waals surface area contributed by atoms with Crippen molar-refractivity contribution in [2.75, 3.05) is 7.11 Å². The first-order valence-electron chi connectivity index (χ1n) is 4.08. The van der Waals surface area contributed by atoms with Crippen molar-refractivity contribution in [2.24, 2.45) is 0 Å². The molecule has 0 atom stereocenters. The first-order valence-corrected chi connectivity index (χ1v) is 4.08. The van der Waals surface area contributed by atoms with Crippen molar-refractivity contribution in [2.45, 2.75) is 6.18 Å². The summed E-state index contributed by atoms with van der Waals surface area (Å²) >= 11 is 0. The van der Waals surface area contributed by atoms with Crippen LogP contribution in [0.3, 0.4) is 0 Å². The van der Waals surface area contributed by atoms with Gasteiger partial charge in [0.25, 0.3) is 0 Å². The number of aromatic nitrogens is 1. The number of ether oxygens (including phenoxy) is 1. The molecule has 0 aromatic carbocycles. The van der Waals surface area contributed by atoms with Crippen LogP contribution in [0, 0.1) is 0 Å². The monoisotopic (exact) mass is 251 g/mol. The second kappa shape index (κ2) is 6.46. The van der Waals surface area contributed by atoms with Crippen molar-refractivity contribution in [1.82, 2.24) is 4.98 Å². The standard InChI is InChI=1S/C7H7NO2.C2HF3O2/c1-10-7(9)6-4-2-3-5-8-6;3-2(4,5)1(6)7/h2-5H,1H3;(H,6,7). The molecule has 1 aromatic rings. The summed E-state index contributed by atoms with van der Waals surface area (Å²) in [6, 6.07) is 5.08. The van der Waals surface area contributed by atoms with E-state index >= 15 is 0 Å². The number of rotatable bonds is 1. The highest BCUT2D eigenvalue weighted by molar-refractivity contribution is 5.86. The zero-order valence-electron chi connectivity index (χ0n) is 8.56. The smallest absolute Gasteiger partial charge is 0.475 e. The summed E-state index contributed by atoms with van der Waals surface area (Å²) in [7, 11) is 1.33. The lowest BCUT2D eigenvalue weighted by molar-refractivity contribution is -0.192. The molecule has 0 aliphatic carbocycles. The van der Waals surface area contributed by atoms with Gasteiger partial charge in [-0.2, -0.15) is 13.2 Å². The number of carbonyl (C=O) groups is 2. The Morgan fingerprint density at radius 2 is 1.88 bits per heavy atom. The molecule has 0 amide bonds. The highest BCUT2D eigenvalue weighted by Crippen LogP contribution is 2.13. The average Bonchev–Trinajstić information content (AvgIpc) is 2.28.